The average Bonchev–Trinajstić information content (AvgIpc) is 2.65. The van der Waals surface area contributed by atoms with Gasteiger partial charge in [0.2, 0.25) is 0 Å². The van der Waals surface area contributed by atoms with E-state index in [0.717, 1.165) is 21.5 Å². The number of benzene rings is 3. The van der Waals surface area contributed by atoms with Crippen LogP contribution in [-0.4, -0.2) is 19.1 Å². The Morgan fingerprint density at radius 3 is 1.90 bits per heavy atom. The first-order valence-corrected chi connectivity index (χ1v) is 12.6. The van der Waals surface area contributed by atoms with E-state index in [9.17, 15) is 9.90 Å². The lowest BCUT2D eigenvalue weighted by Crippen LogP contribution is -2.43. The van der Waals surface area contributed by atoms with Crippen molar-refractivity contribution in [1.82, 2.24) is 0 Å². The van der Waals surface area contributed by atoms with E-state index in [2.05, 4.69) is 65.1 Å². The van der Waals surface area contributed by atoms with Crippen LogP contribution in [0.2, 0.25) is 16.6 Å². The molecule has 0 unspecified atom stereocenters. The van der Waals surface area contributed by atoms with E-state index in [1.54, 1.807) is 0 Å². The van der Waals surface area contributed by atoms with Crippen molar-refractivity contribution in [3.8, 4) is 11.5 Å². The zero-order valence-electron chi connectivity index (χ0n) is 18.2. The highest BCUT2D eigenvalue weighted by atomic mass is 28.3. The van der Waals surface area contributed by atoms with E-state index >= 15 is 0 Å². The number of rotatable bonds is 4. The van der Waals surface area contributed by atoms with Gasteiger partial charge in [-0.3, -0.25) is 0 Å². The van der Waals surface area contributed by atoms with Gasteiger partial charge < -0.3 is 5.11 Å². The van der Waals surface area contributed by atoms with Gasteiger partial charge in [-0.1, -0.05) is 77.8 Å². The number of hydrogen-bond acceptors (Lipinski definition) is 1. The van der Waals surface area contributed by atoms with Crippen LogP contribution >= 0.6 is 0 Å². The van der Waals surface area contributed by atoms with E-state index in [1.165, 1.54) is 0 Å². The monoisotopic (exact) mass is 402 g/mol. The van der Waals surface area contributed by atoms with Crippen molar-refractivity contribution >= 4 is 35.6 Å². The Morgan fingerprint density at radius 1 is 0.828 bits per heavy atom. The van der Waals surface area contributed by atoms with Crippen LogP contribution in [0, 0.1) is 11.5 Å². The van der Waals surface area contributed by atoms with E-state index < -0.39 is 14.0 Å². The first-order chi connectivity index (χ1) is 13.7. The van der Waals surface area contributed by atoms with Crippen LogP contribution in [0.1, 0.15) is 57.5 Å². The minimum Gasteiger partial charge on any atom is -0.478 e. The molecule has 0 bridgehead atoms. The number of carboxylic acids is 1. The minimum absolute atomic E-state index is 0.319. The number of fused-ring (bicyclic) bond motifs is 2. The predicted molar refractivity (Wildman–Crippen MR) is 126 cm³/mol. The van der Waals surface area contributed by atoms with Crippen LogP contribution < -0.4 is 0 Å². The first kappa shape index (κ1) is 21.1. The van der Waals surface area contributed by atoms with Gasteiger partial charge in [0.05, 0.1) is 5.56 Å². The van der Waals surface area contributed by atoms with Crippen LogP contribution in [-0.2, 0) is 0 Å². The Hall–Kier alpha value is -2.57. The smallest absolute Gasteiger partial charge is 0.337 e. The fraction of sp³-hybridized carbons (Fsp3) is 0.346. The molecule has 2 nitrogen and oxygen atoms in total. The molecular weight excluding hydrogens is 372 g/mol. The molecule has 3 aromatic carbocycles. The molecule has 3 rings (SSSR count). The molecule has 0 aliphatic rings. The van der Waals surface area contributed by atoms with Crippen LogP contribution in [0.4, 0.5) is 0 Å². The summed E-state index contributed by atoms with van der Waals surface area (Å²) >= 11 is 0. The summed E-state index contributed by atoms with van der Waals surface area (Å²) in [6.07, 6.45) is 0. The summed E-state index contributed by atoms with van der Waals surface area (Å²) in [7, 11) is -1.93. The standard InChI is InChI=1S/C26H30O2Si/c1-17(2)29(18(3)4,19(5)6)14-13-20-11-12-23-15-21-9-7-8-10-22(21)16-24(23)25(20)26(27)28/h7-12,15-19H,1-6H3,(H,27,28). The minimum atomic E-state index is -1.93. The summed E-state index contributed by atoms with van der Waals surface area (Å²) in [5, 5.41) is 13.9. The number of hydrogen-bond donors (Lipinski definition) is 1. The number of aromatic carboxylic acids is 1. The highest BCUT2D eigenvalue weighted by molar-refractivity contribution is 6.90. The second kappa shape index (κ2) is 8.04. The molecule has 0 aliphatic heterocycles. The molecule has 3 aromatic rings. The molecule has 0 fully saturated rings. The van der Waals surface area contributed by atoms with Crippen molar-refractivity contribution in [3.63, 3.8) is 0 Å². The zero-order valence-corrected chi connectivity index (χ0v) is 19.2. The van der Waals surface area contributed by atoms with Gasteiger partial charge in [-0.2, -0.15) is 0 Å². The molecule has 0 spiro atoms. The summed E-state index contributed by atoms with van der Waals surface area (Å²) in [6, 6.07) is 16.0. The van der Waals surface area contributed by atoms with Gasteiger partial charge >= 0.3 is 5.97 Å². The lowest BCUT2D eigenvalue weighted by atomic mass is 9.96. The van der Waals surface area contributed by atoms with Crippen molar-refractivity contribution in [2.24, 2.45) is 0 Å². The SMILES string of the molecule is CC(C)[Si](C#Cc1ccc2cc3ccccc3cc2c1C(=O)O)(C(C)C)C(C)C. The van der Waals surface area contributed by atoms with Crippen LogP contribution in [0.25, 0.3) is 21.5 Å². The summed E-state index contributed by atoms with van der Waals surface area (Å²) in [4.78, 5) is 12.2. The third kappa shape index (κ3) is 3.70. The van der Waals surface area contributed by atoms with Gasteiger partial charge in [0.25, 0.3) is 0 Å². The Labute approximate surface area is 175 Å². The van der Waals surface area contributed by atoms with Gasteiger partial charge in [0.15, 0.2) is 0 Å². The Bertz CT molecular complexity index is 1110. The van der Waals surface area contributed by atoms with Gasteiger partial charge in [0, 0.05) is 5.56 Å². The van der Waals surface area contributed by atoms with Gasteiger partial charge in [-0.15, -0.1) is 5.54 Å². The predicted octanol–water partition coefficient (Wildman–Crippen LogP) is 7.26. The van der Waals surface area contributed by atoms with Crippen molar-refractivity contribution in [2.75, 3.05) is 0 Å². The topological polar surface area (TPSA) is 37.3 Å². The maximum absolute atomic E-state index is 12.2. The van der Waals surface area contributed by atoms with E-state index in [0.29, 0.717) is 27.8 Å². The molecule has 3 heteroatoms. The van der Waals surface area contributed by atoms with Crippen molar-refractivity contribution in [1.29, 1.82) is 0 Å². The largest absolute Gasteiger partial charge is 0.478 e. The third-order valence-corrected chi connectivity index (χ3v) is 12.7. The molecule has 0 heterocycles. The Kier molecular flexibility index (Phi) is 5.87. The number of carbonyl (C=O) groups is 1. The maximum atomic E-state index is 12.2. The second-order valence-corrected chi connectivity index (χ2v) is 14.4. The molecule has 0 radical (unpaired) electrons. The molecule has 150 valence electrons. The lowest BCUT2D eigenvalue weighted by Gasteiger charge is -2.38. The van der Waals surface area contributed by atoms with Crippen LogP contribution in [0.15, 0.2) is 48.5 Å². The summed E-state index contributed by atoms with van der Waals surface area (Å²) in [5.41, 5.74) is 6.14. The highest BCUT2D eigenvalue weighted by Crippen LogP contribution is 2.41. The zero-order chi connectivity index (χ0) is 21.3. The molecule has 0 amide bonds. The van der Waals surface area contributed by atoms with Gasteiger partial charge in [-0.25, -0.2) is 4.79 Å². The Balaban J connectivity index is 2.28. The molecular formula is C26H30O2Si. The number of carboxylic acid groups (broad SMARTS) is 1. The molecule has 1 N–H and O–H groups in total. The molecule has 0 aromatic heterocycles. The fourth-order valence-electron chi connectivity index (χ4n) is 4.96. The fourth-order valence-corrected chi connectivity index (χ4v) is 10.2. The van der Waals surface area contributed by atoms with Gasteiger partial charge in [0.1, 0.15) is 8.07 Å². The highest BCUT2D eigenvalue weighted by Gasteiger charge is 2.41. The summed E-state index contributed by atoms with van der Waals surface area (Å²) in [6.45, 7) is 13.6. The van der Waals surface area contributed by atoms with Crippen molar-refractivity contribution in [3.05, 3.63) is 59.7 Å². The molecule has 0 atom stereocenters. The van der Waals surface area contributed by atoms with Crippen molar-refractivity contribution in [2.45, 2.75) is 58.2 Å². The molecule has 0 saturated heterocycles. The summed E-state index contributed by atoms with van der Waals surface area (Å²) < 4.78 is 0. The average molecular weight is 403 g/mol. The van der Waals surface area contributed by atoms with Gasteiger partial charge in [-0.05, 0) is 56.4 Å². The van der Waals surface area contributed by atoms with Crippen LogP contribution in [0.5, 0.6) is 0 Å². The Morgan fingerprint density at radius 2 is 1.38 bits per heavy atom. The lowest BCUT2D eigenvalue weighted by molar-refractivity contribution is 0.0699. The van der Waals surface area contributed by atoms with E-state index in [-0.39, 0.29) is 0 Å². The molecule has 0 aliphatic carbocycles. The van der Waals surface area contributed by atoms with Crippen LogP contribution in [0.3, 0.4) is 0 Å². The normalized spacial score (nSPS) is 12.0. The summed E-state index contributed by atoms with van der Waals surface area (Å²) in [5.74, 6) is 2.43. The second-order valence-electron chi connectivity index (χ2n) is 8.86. The van der Waals surface area contributed by atoms with Crippen molar-refractivity contribution < 1.29 is 9.90 Å². The first-order valence-electron chi connectivity index (χ1n) is 10.4. The quantitative estimate of drug-likeness (QED) is 0.283. The van der Waals surface area contributed by atoms with E-state index in [4.69, 9.17) is 0 Å². The third-order valence-electron chi connectivity index (χ3n) is 6.38. The molecule has 29 heavy (non-hydrogen) atoms. The molecule has 0 saturated carbocycles. The maximum Gasteiger partial charge on any atom is 0.337 e. The van der Waals surface area contributed by atoms with E-state index in [1.807, 2.05) is 36.4 Å².